The van der Waals surface area contributed by atoms with Crippen molar-refractivity contribution in [1.29, 1.82) is 0 Å². The van der Waals surface area contributed by atoms with E-state index in [1.54, 1.807) is 17.5 Å². The van der Waals surface area contributed by atoms with Gasteiger partial charge in [-0.25, -0.2) is 9.37 Å². The van der Waals surface area contributed by atoms with Crippen LogP contribution in [0.4, 0.5) is 4.39 Å². The second kappa shape index (κ2) is 10.0. The van der Waals surface area contributed by atoms with Crippen LogP contribution in [0.3, 0.4) is 0 Å². The van der Waals surface area contributed by atoms with Gasteiger partial charge in [0, 0.05) is 23.9 Å². The first kappa shape index (κ1) is 23.1. The molecule has 2 aliphatic carbocycles. The maximum absolute atomic E-state index is 13.8. The Labute approximate surface area is 181 Å². The van der Waals surface area contributed by atoms with Gasteiger partial charge in [-0.3, -0.25) is 4.79 Å². The molecule has 1 aromatic carbocycles. The lowest BCUT2D eigenvalue weighted by molar-refractivity contribution is 0.0752. The van der Waals surface area contributed by atoms with E-state index < -0.39 is 0 Å². The van der Waals surface area contributed by atoms with Crippen LogP contribution in [-0.2, 0) is 6.42 Å². The highest BCUT2D eigenvalue weighted by Crippen LogP contribution is 2.39. The summed E-state index contributed by atoms with van der Waals surface area (Å²) in [4.78, 5) is 17.1. The van der Waals surface area contributed by atoms with Crippen LogP contribution in [0.15, 0.2) is 29.6 Å². The average molecular weight is 446 g/mol. The third-order valence-electron chi connectivity index (χ3n) is 5.76. The average Bonchev–Trinajstić information content (AvgIpc) is 3.06. The van der Waals surface area contributed by atoms with Gasteiger partial charge in [-0.15, -0.1) is 36.2 Å². The first-order chi connectivity index (χ1) is 12.6. The van der Waals surface area contributed by atoms with E-state index in [0.29, 0.717) is 29.5 Å². The molecule has 1 heterocycles. The minimum atomic E-state index is -0.236. The summed E-state index contributed by atoms with van der Waals surface area (Å²) in [6.45, 7) is 0. The Kier molecular flexibility index (Phi) is 8.25. The quantitative estimate of drug-likeness (QED) is 0.734. The Bertz CT molecular complexity index is 789. The number of nitrogens with two attached hydrogens (primary N) is 1. The molecule has 2 atom stereocenters. The van der Waals surface area contributed by atoms with Crippen LogP contribution in [0.1, 0.15) is 53.2 Å². The lowest BCUT2D eigenvalue weighted by Gasteiger charge is -2.45. The van der Waals surface area contributed by atoms with E-state index in [-0.39, 0.29) is 48.6 Å². The second-order valence-electron chi connectivity index (χ2n) is 7.58. The maximum atomic E-state index is 13.8. The Morgan fingerprint density at radius 2 is 1.89 bits per heavy atom. The fourth-order valence-corrected chi connectivity index (χ4v) is 5.35. The van der Waals surface area contributed by atoms with Crippen molar-refractivity contribution in [2.45, 2.75) is 50.6 Å². The fraction of sp³-hybridized carbons (Fsp3) is 0.500. The van der Waals surface area contributed by atoms with Gasteiger partial charge in [0.2, 0.25) is 0 Å². The smallest absolute Gasteiger partial charge is 0.270 e. The number of fused-ring (bicyclic) bond motifs is 2. The number of carbonyl (C=O) groups excluding carboxylic acids is 1. The molecule has 4 rings (SSSR count). The molecule has 8 heteroatoms. The van der Waals surface area contributed by atoms with E-state index in [4.69, 9.17) is 5.73 Å². The zero-order valence-corrected chi connectivity index (χ0v) is 17.9. The van der Waals surface area contributed by atoms with Gasteiger partial charge in [0.15, 0.2) is 0 Å². The van der Waals surface area contributed by atoms with Gasteiger partial charge in [-0.05, 0) is 49.1 Å². The number of rotatable bonds is 4. The van der Waals surface area contributed by atoms with Gasteiger partial charge in [0.05, 0.1) is 5.01 Å². The summed E-state index contributed by atoms with van der Waals surface area (Å²) in [5, 5.41) is 5.75. The van der Waals surface area contributed by atoms with Gasteiger partial charge >= 0.3 is 0 Å². The van der Waals surface area contributed by atoms with Crippen LogP contribution in [0.25, 0.3) is 0 Å². The first-order valence-electron chi connectivity index (χ1n) is 9.34. The highest BCUT2D eigenvalue weighted by atomic mass is 35.5. The summed E-state index contributed by atoms with van der Waals surface area (Å²) in [6, 6.07) is 7.17. The van der Waals surface area contributed by atoms with Gasteiger partial charge in [0.25, 0.3) is 5.91 Å². The Morgan fingerprint density at radius 1 is 1.21 bits per heavy atom. The molecule has 2 aromatic rings. The van der Waals surface area contributed by atoms with Crippen molar-refractivity contribution in [1.82, 2.24) is 10.3 Å². The van der Waals surface area contributed by atoms with Crippen molar-refractivity contribution in [2.75, 3.05) is 0 Å². The number of hydrogen-bond donors (Lipinski definition) is 2. The molecule has 2 bridgehead atoms. The molecular formula is C20H26Cl2FN3OS. The molecule has 2 saturated carbocycles. The zero-order chi connectivity index (χ0) is 18.1. The summed E-state index contributed by atoms with van der Waals surface area (Å²) in [7, 11) is 0. The number of aromatic nitrogens is 1. The zero-order valence-electron chi connectivity index (χ0n) is 15.5. The molecule has 154 valence electrons. The van der Waals surface area contributed by atoms with Crippen LogP contribution < -0.4 is 11.1 Å². The number of carbonyl (C=O) groups is 1. The third kappa shape index (κ3) is 5.03. The highest BCUT2D eigenvalue weighted by molar-refractivity contribution is 7.09. The molecule has 2 aliphatic rings. The second-order valence-corrected chi connectivity index (χ2v) is 8.52. The standard InChI is InChI=1S/C20H24FN3OS.2ClH/c21-16-7-2-1-4-12(16)10-18-23-17(11-26-18)20(25)24-19-13-5-3-6-14(19)9-15(22)8-13;;/h1-2,4,7,11,13-15,19H,3,5-6,8-10,22H2,(H,24,25);2*1H. The summed E-state index contributed by atoms with van der Waals surface area (Å²) in [5.41, 5.74) is 7.20. The minimum Gasteiger partial charge on any atom is -0.347 e. The van der Waals surface area contributed by atoms with E-state index in [1.807, 2.05) is 6.07 Å². The number of benzene rings is 1. The molecule has 0 aliphatic heterocycles. The highest BCUT2D eigenvalue weighted by Gasteiger charge is 2.40. The van der Waals surface area contributed by atoms with Crippen molar-refractivity contribution in [3.8, 4) is 0 Å². The van der Waals surface area contributed by atoms with E-state index in [1.165, 1.54) is 23.8 Å². The van der Waals surface area contributed by atoms with Crippen LogP contribution in [0, 0.1) is 17.7 Å². The summed E-state index contributed by atoms with van der Waals surface area (Å²) in [5.74, 6) is 0.620. The Hall–Kier alpha value is -1.21. The maximum Gasteiger partial charge on any atom is 0.270 e. The largest absolute Gasteiger partial charge is 0.347 e. The summed E-state index contributed by atoms with van der Waals surface area (Å²) in [6.07, 6.45) is 5.93. The van der Waals surface area contributed by atoms with E-state index >= 15 is 0 Å². The van der Waals surface area contributed by atoms with Gasteiger partial charge in [0.1, 0.15) is 11.5 Å². The molecule has 3 N–H and O–H groups in total. The van der Waals surface area contributed by atoms with Gasteiger partial charge in [-0.2, -0.15) is 0 Å². The Balaban J connectivity index is 0.00000140. The predicted octanol–water partition coefficient (Wildman–Crippen LogP) is 4.35. The summed E-state index contributed by atoms with van der Waals surface area (Å²) < 4.78 is 13.8. The monoisotopic (exact) mass is 445 g/mol. The van der Waals surface area contributed by atoms with E-state index in [0.717, 1.165) is 30.7 Å². The lowest BCUT2D eigenvalue weighted by atomic mass is 9.67. The third-order valence-corrected chi connectivity index (χ3v) is 6.61. The van der Waals surface area contributed by atoms with Crippen molar-refractivity contribution >= 4 is 42.1 Å². The molecular weight excluding hydrogens is 420 g/mol. The molecule has 2 unspecified atom stereocenters. The van der Waals surface area contributed by atoms with Crippen LogP contribution in [-0.4, -0.2) is 23.0 Å². The molecule has 0 radical (unpaired) electrons. The number of amides is 1. The van der Waals surface area contributed by atoms with Gasteiger partial charge < -0.3 is 11.1 Å². The number of nitrogens with zero attached hydrogens (tertiary/aromatic N) is 1. The van der Waals surface area contributed by atoms with Crippen molar-refractivity contribution in [3.05, 3.63) is 51.7 Å². The number of halogens is 3. The normalized spacial score (nSPS) is 25.9. The van der Waals surface area contributed by atoms with Crippen LogP contribution >= 0.6 is 36.2 Å². The molecule has 28 heavy (non-hydrogen) atoms. The van der Waals surface area contributed by atoms with Crippen LogP contribution in [0.5, 0.6) is 0 Å². The first-order valence-corrected chi connectivity index (χ1v) is 10.2. The Morgan fingerprint density at radius 3 is 2.57 bits per heavy atom. The molecule has 1 aromatic heterocycles. The number of thiazole rings is 1. The minimum absolute atomic E-state index is 0. The summed E-state index contributed by atoms with van der Waals surface area (Å²) >= 11 is 1.41. The molecule has 0 spiro atoms. The van der Waals surface area contributed by atoms with Crippen LogP contribution in [0.2, 0.25) is 0 Å². The topological polar surface area (TPSA) is 68.0 Å². The number of nitrogens with one attached hydrogen (secondary N) is 1. The fourth-order valence-electron chi connectivity index (χ4n) is 4.55. The van der Waals surface area contributed by atoms with E-state index in [9.17, 15) is 9.18 Å². The van der Waals surface area contributed by atoms with Crippen molar-refractivity contribution in [3.63, 3.8) is 0 Å². The number of hydrogen-bond acceptors (Lipinski definition) is 4. The van der Waals surface area contributed by atoms with Gasteiger partial charge in [-0.1, -0.05) is 24.6 Å². The SMILES string of the molecule is Cl.Cl.NC1CC2CCCC(C1)C2NC(=O)c1csc(Cc2ccccc2F)n1. The lowest BCUT2D eigenvalue weighted by Crippen LogP contribution is -2.53. The molecule has 0 saturated heterocycles. The molecule has 1 amide bonds. The predicted molar refractivity (Wildman–Crippen MR) is 115 cm³/mol. The molecule has 2 fully saturated rings. The van der Waals surface area contributed by atoms with Crippen molar-refractivity contribution in [2.24, 2.45) is 17.6 Å². The molecule has 4 nitrogen and oxygen atoms in total. The van der Waals surface area contributed by atoms with Crippen molar-refractivity contribution < 1.29 is 9.18 Å². The van der Waals surface area contributed by atoms with E-state index in [2.05, 4.69) is 10.3 Å².